The predicted octanol–water partition coefficient (Wildman–Crippen LogP) is 4.49. The molecule has 1 aromatic heterocycles. The van der Waals surface area contributed by atoms with Gasteiger partial charge in [0, 0.05) is 25.1 Å². The third-order valence-electron chi connectivity index (χ3n) is 6.19. The van der Waals surface area contributed by atoms with E-state index in [1.54, 1.807) is 22.3 Å². The Hall–Kier alpha value is -3.23. The first-order valence-corrected chi connectivity index (χ1v) is 12.4. The number of halogens is 1. The summed E-state index contributed by atoms with van der Waals surface area (Å²) in [5, 5.41) is 2.03. The molecule has 4 rings (SSSR count). The van der Waals surface area contributed by atoms with E-state index in [2.05, 4.69) is 0 Å². The number of hydrogen-bond acceptors (Lipinski definition) is 5. The highest BCUT2D eigenvalue weighted by molar-refractivity contribution is 7.10. The average Bonchev–Trinajstić information content (AvgIpc) is 3.35. The number of fused-ring (bicyclic) bond motifs is 1. The van der Waals surface area contributed by atoms with Gasteiger partial charge < -0.3 is 19.3 Å². The molecule has 6 nitrogen and oxygen atoms in total. The van der Waals surface area contributed by atoms with E-state index >= 15 is 0 Å². The van der Waals surface area contributed by atoms with Gasteiger partial charge in [-0.1, -0.05) is 30.3 Å². The van der Waals surface area contributed by atoms with E-state index in [1.165, 1.54) is 35.1 Å². The zero-order valence-electron chi connectivity index (χ0n) is 19.9. The van der Waals surface area contributed by atoms with Gasteiger partial charge in [-0.25, -0.2) is 4.39 Å². The van der Waals surface area contributed by atoms with Crippen LogP contribution in [0.25, 0.3) is 0 Å². The van der Waals surface area contributed by atoms with Crippen LogP contribution in [-0.2, 0) is 16.0 Å². The molecule has 2 aromatic carbocycles. The largest absolute Gasteiger partial charge is 0.491 e. The molecule has 3 aromatic rings. The van der Waals surface area contributed by atoms with Crippen LogP contribution in [0.2, 0.25) is 0 Å². The van der Waals surface area contributed by atoms with Gasteiger partial charge in [-0.05, 0) is 54.1 Å². The van der Waals surface area contributed by atoms with Crippen molar-refractivity contribution in [2.24, 2.45) is 0 Å². The third kappa shape index (κ3) is 5.71. The summed E-state index contributed by atoms with van der Waals surface area (Å²) in [6.07, 6.45) is 0.749. The molecule has 0 radical (unpaired) electrons. The number of amides is 2. The summed E-state index contributed by atoms with van der Waals surface area (Å²) in [7, 11) is 1.52. The van der Waals surface area contributed by atoms with Crippen molar-refractivity contribution in [3.05, 3.63) is 87.4 Å². The minimum atomic E-state index is -0.613. The van der Waals surface area contributed by atoms with Crippen molar-refractivity contribution in [2.45, 2.75) is 19.4 Å². The SMILES string of the molecule is COCCN(CC(=O)N1CCc2sccc2[C@H]1COc1ccccc1C)C(=O)c1ccccc1F. The molecule has 0 N–H and O–H groups in total. The lowest BCUT2D eigenvalue weighted by Gasteiger charge is -2.37. The summed E-state index contributed by atoms with van der Waals surface area (Å²) >= 11 is 1.68. The number of para-hydroxylation sites is 1. The molecule has 0 aliphatic carbocycles. The minimum Gasteiger partial charge on any atom is -0.491 e. The Morgan fingerprint density at radius 1 is 1.14 bits per heavy atom. The van der Waals surface area contributed by atoms with Crippen molar-refractivity contribution in [3.8, 4) is 5.75 Å². The molecule has 0 bridgehead atoms. The van der Waals surface area contributed by atoms with Crippen molar-refractivity contribution in [1.29, 1.82) is 0 Å². The van der Waals surface area contributed by atoms with E-state index in [4.69, 9.17) is 9.47 Å². The molecule has 1 aliphatic rings. The molecule has 0 saturated carbocycles. The quantitative estimate of drug-likeness (QED) is 0.438. The van der Waals surface area contributed by atoms with Gasteiger partial charge in [0.15, 0.2) is 0 Å². The minimum absolute atomic E-state index is 0.0606. The first kappa shape index (κ1) is 24.9. The van der Waals surface area contributed by atoms with Crippen LogP contribution in [-0.4, -0.2) is 61.6 Å². The summed E-state index contributed by atoms with van der Waals surface area (Å²) in [5.74, 6) is -0.577. The molecule has 184 valence electrons. The van der Waals surface area contributed by atoms with Gasteiger partial charge in [0.25, 0.3) is 5.91 Å². The topological polar surface area (TPSA) is 59.1 Å². The number of carbonyl (C=O) groups excluding carboxylic acids is 2. The molecular formula is C27H29FN2O4S. The van der Waals surface area contributed by atoms with Gasteiger partial charge in [-0.2, -0.15) is 0 Å². The number of methoxy groups -OCH3 is 1. The van der Waals surface area contributed by atoms with Crippen LogP contribution in [0.4, 0.5) is 4.39 Å². The number of aryl methyl sites for hydroxylation is 1. The van der Waals surface area contributed by atoms with E-state index in [1.807, 2.05) is 42.6 Å². The fourth-order valence-electron chi connectivity index (χ4n) is 4.27. The van der Waals surface area contributed by atoms with Crippen LogP contribution < -0.4 is 4.74 Å². The molecule has 2 heterocycles. The lowest BCUT2D eigenvalue weighted by molar-refractivity contribution is -0.135. The van der Waals surface area contributed by atoms with E-state index in [0.717, 1.165) is 23.3 Å². The second-order valence-electron chi connectivity index (χ2n) is 8.43. The fourth-order valence-corrected chi connectivity index (χ4v) is 5.20. The van der Waals surface area contributed by atoms with E-state index in [0.29, 0.717) is 13.2 Å². The number of ether oxygens (including phenoxy) is 2. The molecular weight excluding hydrogens is 467 g/mol. The molecule has 0 saturated heterocycles. The van der Waals surface area contributed by atoms with E-state index in [-0.39, 0.29) is 37.2 Å². The predicted molar refractivity (Wildman–Crippen MR) is 133 cm³/mol. The smallest absolute Gasteiger partial charge is 0.257 e. The Kier molecular flexibility index (Phi) is 8.15. The monoisotopic (exact) mass is 496 g/mol. The van der Waals surface area contributed by atoms with Crippen LogP contribution in [0.3, 0.4) is 0 Å². The number of thiophene rings is 1. The average molecular weight is 497 g/mol. The maximum atomic E-state index is 14.3. The standard InChI is InChI=1S/C27H29FN2O4S/c1-19-7-3-6-10-24(19)34-18-23-21-12-16-35-25(21)11-13-30(23)26(31)17-29(14-15-33-2)27(32)20-8-4-5-9-22(20)28/h3-10,12,16,23H,11,13-15,17-18H2,1-2H3/t23-/m1/s1. The number of nitrogens with zero attached hydrogens (tertiary/aromatic N) is 2. The van der Waals surface area contributed by atoms with Crippen molar-refractivity contribution < 1.29 is 23.5 Å². The molecule has 35 heavy (non-hydrogen) atoms. The normalized spacial score (nSPS) is 14.9. The fraction of sp³-hybridized carbons (Fsp3) is 0.333. The van der Waals surface area contributed by atoms with E-state index < -0.39 is 11.7 Å². The van der Waals surface area contributed by atoms with Gasteiger partial charge >= 0.3 is 0 Å². The second kappa shape index (κ2) is 11.5. The van der Waals surface area contributed by atoms with Crippen molar-refractivity contribution in [1.82, 2.24) is 9.80 Å². The Balaban J connectivity index is 1.54. The number of carbonyl (C=O) groups is 2. The van der Waals surface area contributed by atoms with Crippen LogP contribution in [0, 0.1) is 12.7 Å². The lowest BCUT2D eigenvalue weighted by Crippen LogP contribution is -2.48. The molecule has 0 unspecified atom stereocenters. The highest BCUT2D eigenvalue weighted by Gasteiger charge is 2.34. The molecule has 0 spiro atoms. The van der Waals surface area contributed by atoms with Gasteiger partial charge in [0.1, 0.15) is 24.7 Å². The lowest BCUT2D eigenvalue weighted by atomic mass is 10.00. The summed E-state index contributed by atoms with van der Waals surface area (Å²) in [6.45, 7) is 3.06. The van der Waals surface area contributed by atoms with Gasteiger partial charge in [0.2, 0.25) is 5.91 Å². The van der Waals surface area contributed by atoms with E-state index in [9.17, 15) is 14.0 Å². The van der Waals surface area contributed by atoms with Crippen molar-refractivity contribution >= 4 is 23.2 Å². The number of rotatable bonds is 9. The molecule has 1 aliphatic heterocycles. The Labute approximate surface area is 208 Å². The number of benzene rings is 2. The Morgan fingerprint density at radius 2 is 1.91 bits per heavy atom. The molecule has 1 atom stereocenters. The summed E-state index contributed by atoms with van der Waals surface area (Å²) < 4.78 is 25.6. The Bertz CT molecular complexity index is 1180. The highest BCUT2D eigenvalue weighted by Crippen LogP contribution is 2.34. The highest BCUT2D eigenvalue weighted by atomic mass is 32.1. The van der Waals surface area contributed by atoms with Crippen LogP contribution in [0.15, 0.2) is 60.0 Å². The first-order chi connectivity index (χ1) is 17.0. The third-order valence-corrected chi connectivity index (χ3v) is 7.18. The van der Waals surface area contributed by atoms with Crippen molar-refractivity contribution in [2.75, 3.05) is 40.0 Å². The summed E-state index contributed by atoms with van der Waals surface area (Å²) in [6, 6.07) is 15.3. The number of hydrogen-bond donors (Lipinski definition) is 0. The molecule has 0 fully saturated rings. The van der Waals surface area contributed by atoms with Crippen LogP contribution in [0.1, 0.15) is 32.4 Å². The summed E-state index contributed by atoms with van der Waals surface area (Å²) in [5.41, 5.74) is 2.04. The van der Waals surface area contributed by atoms with Gasteiger partial charge in [-0.3, -0.25) is 9.59 Å². The zero-order chi connectivity index (χ0) is 24.8. The van der Waals surface area contributed by atoms with Crippen LogP contribution >= 0.6 is 11.3 Å². The maximum absolute atomic E-state index is 14.3. The maximum Gasteiger partial charge on any atom is 0.257 e. The molecule has 2 amide bonds. The van der Waals surface area contributed by atoms with Gasteiger partial charge in [-0.15, -0.1) is 11.3 Å². The first-order valence-electron chi connectivity index (χ1n) is 11.6. The Morgan fingerprint density at radius 3 is 2.69 bits per heavy atom. The zero-order valence-corrected chi connectivity index (χ0v) is 20.7. The van der Waals surface area contributed by atoms with Crippen molar-refractivity contribution in [3.63, 3.8) is 0 Å². The molecule has 8 heteroatoms. The van der Waals surface area contributed by atoms with Crippen LogP contribution in [0.5, 0.6) is 5.75 Å². The second-order valence-corrected chi connectivity index (χ2v) is 9.43. The van der Waals surface area contributed by atoms with Gasteiger partial charge in [0.05, 0.1) is 18.2 Å². The summed E-state index contributed by atoms with van der Waals surface area (Å²) in [4.78, 5) is 31.0.